The summed E-state index contributed by atoms with van der Waals surface area (Å²) >= 11 is 0. The molecule has 0 aromatic carbocycles. The molecule has 0 rings (SSSR count). The maximum absolute atomic E-state index is 10.4. The van der Waals surface area contributed by atoms with Crippen LogP contribution in [0.1, 0.15) is 13.3 Å². The van der Waals surface area contributed by atoms with E-state index < -0.39 is 21.0 Å². The van der Waals surface area contributed by atoms with Gasteiger partial charge < -0.3 is 5.11 Å². The van der Waals surface area contributed by atoms with E-state index in [4.69, 9.17) is 9.66 Å². The normalized spacial score (nSPS) is 12.6. The van der Waals surface area contributed by atoms with Crippen LogP contribution in [0.5, 0.6) is 0 Å². The molecule has 0 aliphatic rings. The second kappa shape index (κ2) is 4.20. The van der Waals surface area contributed by atoms with Crippen molar-refractivity contribution in [1.29, 1.82) is 0 Å². The number of hydrogen-bond acceptors (Lipinski definition) is 3. The van der Waals surface area contributed by atoms with E-state index in [-0.39, 0.29) is 12.0 Å². The first kappa shape index (κ1) is 11.9. The Morgan fingerprint density at radius 2 is 2.00 bits per heavy atom. The van der Waals surface area contributed by atoms with E-state index in [0.29, 0.717) is 0 Å². The SMILES string of the molecule is C=C(C/C=C(\C)C(=O)O)S(=O)(=O)O. The van der Waals surface area contributed by atoms with Crippen molar-refractivity contribution < 1.29 is 22.9 Å². The highest BCUT2D eigenvalue weighted by atomic mass is 32.2. The van der Waals surface area contributed by atoms with Crippen LogP contribution >= 0.6 is 0 Å². The van der Waals surface area contributed by atoms with Crippen molar-refractivity contribution in [2.45, 2.75) is 13.3 Å². The van der Waals surface area contributed by atoms with Gasteiger partial charge in [-0.2, -0.15) is 8.42 Å². The molecule has 0 saturated heterocycles. The van der Waals surface area contributed by atoms with Crippen molar-refractivity contribution in [3.8, 4) is 0 Å². The van der Waals surface area contributed by atoms with Gasteiger partial charge in [0.15, 0.2) is 0 Å². The molecule has 5 nitrogen and oxygen atoms in total. The molecule has 0 amide bonds. The number of hydrogen-bond donors (Lipinski definition) is 2. The van der Waals surface area contributed by atoms with Crippen molar-refractivity contribution >= 4 is 16.1 Å². The lowest BCUT2D eigenvalue weighted by atomic mass is 10.2. The molecule has 0 aliphatic heterocycles. The lowest BCUT2D eigenvalue weighted by Gasteiger charge is -1.97. The monoisotopic (exact) mass is 206 g/mol. The van der Waals surface area contributed by atoms with E-state index in [2.05, 4.69) is 6.58 Å². The van der Waals surface area contributed by atoms with Gasteiger partial charge in [-0.3, -0.25) is 4.55 Å². The largest absolute Gasteiger partial charge is 0.478 e. The standard InChI is InChI=1S/C7H10O5S/c1-5(7(8)9)3-4-6(2)13(10,11)12/h3H,2,4H2,1H3,(H,8,9)(H,10,11,12)/b5-3+. The highest BCUT2D eigenvalue weighted by Crippen LogP contribution is 2.08. The molecule has 0 aliphatic carbocycles. The van der Waals surface area contributed by atoms with Gasteiger partial charge in [-0.1, -0.05) is 12.7 Å². The van der Waals surface area contributed by atoms with Gasteiger partial charge in [0.1, 0.15) is 0 Å². The average Bonchev–Trinajstić information content (AvgIpc) is 1.97. The Hall–Kier alpha value is -1.14. The molecule has 0 saturated carbocycles. The zero-order valence-electron chi connectivity index (χ0n) is 7.02. The maximum atomic E-state index is 10.4. The fraction of sp³-hybridized carbons (Fsp3) is 0.286. The van der Waals surface area contributed by atoms with Gasteiger partial charge in [0, 0.05) is 12.0 Å². The highest BCUT2D eigenvalue weighted by Gasteiger charge is 2.09. The van der Waals surface area contributed by atoms with E-state index in [1.165, 1.54) is 13.0 Å². The predicted molar refractivity (Wildman–Crippen MR) is 46.7 cm³/mol. The molecule has 0 aromatic rings. The fourth-order valence-corrected chi connectivity index (χ4v) is 0.753. The number of rotatable bonds is 4. The second-order valence-corrected chi connectivity index (χ2v) is 3.94. The van der Waals surface area contributed by atoms with E-state index in [9.17, 15) is 13.2 Å². The minimum absolute atomic E-state index is 0.00444. The lowest BCUT2D eigenvalue weighted by Crippen LogP contribution is -2.01. The van der Waals surface area contributed by atoms with Crippen molar-refractivity contribution in [3.63, 3.8) is 0 Å². The third-order valence-corrected chi connectivity index (χ3v) is 2.23. The molecule has 0 aromatic heterocycles. The van der Waals surface area contributed by atoms with Crippen LogP contribution in [0.15, 0.2) is 23.1 Å². The Bertz CT molecular complexity index is 349. The van der Waals surface area contributed by atoms with Crippen LogP contribution in [0, 0.1) is 0 Å². The smallest absolute Gasteiger partial charge is 0.330 e. The van der Waals surface area contributed by atoms with Crippen LogP contribution in [0.25, 0.3) is 0 Å². The summed E-state index contributed by atoms with van der Waals surface area (Å²) in [6.45, 7) is 4.40. The van der Waals surface area contributed by atoms with Crippen molar-refractivity contribution in [2.24, 2.45) is 0 Å². The van der Waals surface area contributed by atoms with Gasteiger partial charge >= 0.3 is 5.97 Å². The molecular formula is C7H10O5S. The molecular weight excluding hydrogens is 196 g/mol. The summed E-state index contributed by atoms with van der Waals surface area (Å²) in [5.41, 5.74) is 0.00444. The van der Waals surface area contributed by atoms with E-state index in [0.717, 1.165) is 0 Å². The topological polar surface area (TPSA) is 91.7 Å². The zero-order valence-corrected chi connectivity index (χ0v) is 7.84. The summed E-state index contributed by atoms with van der Waals surface area (Å²) in [7, 11) is -4.26. The molecule has 13 heavy (non-hydrogen) atoms. The average molecular weight is 206 g/mol. The summed E-state index contributed by atoms with van der Waals surface area (Å²) in [5, 5.41) is 8.39. The van der Waals surface area contributed by atoms with Gasteiger partial charge in [-0.25, -0.2) is 4.79 Å². The molecule has 0 atom stereocenters. The Kier molecular flexibility index (Phi) is 3.83. The van der Waals surface area contributed by atoms with Gasteiger partial charge in [0.05, 0.1) is 4.91 Å². The number of carbonyl (C=O) groups is 1. The Balaban J connectivity index is 4.44. The summed E-state index contributed by atoms with van der Waals surface area (Å²) in [6, 6.07) is 0. The summed E-state index contributed by atoms with van der Waals surface area (Å²) in [5.74, 6) is -1.14. The summed E-state index contributed by atoms with van der Waals surface area (Å²) in [6.07, 6.45) is 0.968. The maximum Gasteiger partial charge on any atom is 0.330 e. The molecule has 2 N–H and O–H groups in total. The van der Waals surface area contributed by atoms with Gasteiger partial charge in [-0.05, 0) is 6.92 Å². The van der Waals surface area contributed by atoms with Crippen LogP contribution in [0.3, 0.4) is 0 Å². The molecule has 0 fully saturated rings. The number of carboxylic acids is 1. The molecule has 74 valence electrons. The molecule has 0 radical (unpaired) electrons. The third-order valence-electron chi connectivity index (χ3n) is 1.34. The van der Waals surface area contributed by atoms with E-state index in [1.54, 1.807) is 0 Å². The van der Waals surface area contributed by atoms with Crippen LogP contribution in [0.2, 0.25) is 0 Å². The number of allylic oxidation sites excluding steroid dienone is 2. The summed E-state index contributed by atoms with van der Waals surface area (Å²) in [4.78, 5) is 9.83. The molecule has 6 heteroatoms. The van der Waals surface area contributed by atoms with E-state index >= 15 is 0 Å². The minimum Gasteiger partial charge on any atom is -0.478 e. The van der Waals surface area contributed by atoms with E-state index in [1.807, 2.05) is 0 Å². The number of carboxylic acid groups (broad SMARTS) is 1. The summed E-state index contributed by atoms with van der Waals surface area (Å²) < 4.78 is 29.2. The molecule has 0 spiro atoms. The minimum atomic E-state index is -4.26. The first-order valence-electron chi connectivity index (χ1n) is 3.30. The van der Waals surface area contributed by atoms with Crippen molar-refractivity contribution in [2.75, 3.05) is 0 Å². The molecule has 0 bridgehead atoms. The zero-order chi connectivity index (χ0) is 10.6. The van der Waals surface area contributed by atoms with Crippen LogP contribution in [-0.2, 0) is 14.9 Å². The Labute approximate surface area is 76.1 Å². The second-order valence-electron chi connectivity index (χ2n) is 2.41. The van der Waals surface area contributed by atoms with Gasteiger partial charge in [0.2, 0.25) is 0 Å². The quantitative estimate of drug-likeness (QED) is 0.524. The first-order chi connectivity index (χ1) is 5.75. The highest BCUT2D eigenvalue weighted by molar-refractivity contribution is 7.89. The molecule has 0 unspecified atom stereocenters. The van der Waals surface area contributed by atoms with Crippen LogP contribution in [-0.4, -0.2) is 24.0 Å². The fourth-order valence-electron chi connectivity index (χ4n) is 0.460. The van der Waals surface area contributed by atoms with Crippen molar-refractivity contribution in [3.05, 3.63) is 23.1 Å². The first-order valence-corrected chi connectivity index (χ1v) is 4.74. The van der Waals surface area contributed by atoms with Crippen molar-refractivity contribution in [1.82, 2.24) is 0 Å². The van der Waals surface area contributed by atoms with Gasteiger partial charge in [0.25, 0.3) is 10.1 Å². The Morgan fingerprint density at radius 3 is 2.31 bits per heavy atom. The number of aliphatic carboxylic acids is 1. The van der Waals surface area contributed by atoms with Gasteiger partial charge in [-0.15, -0.1) is 0 Å². The lowest BCUT2D eigenvalue weighted by molar-refractivity contribution is -0.132. The molecule has 0 heterocycles. The third kappa shape index (κ3) is 4.44. The predicted octanol–water partition coefficient (Wildman–Crippen LogP) is 0.809. The Morgan fingerprint density at radius 1 is 1.54 bits per heavy atom. The van der Waals surface area contributed by atoms with Crippen LogP contribution in [0.4, 0.5) is 0 Å². The van der Waals surface area contributed by atoms with Crippen LogP contribution < -0.4 is 0 Å².